The van der Waals surface area contributed by atoms with Crippen LogP contribution < -0.4 is 10.1 Å². The predicted octanol–water partition coefficient (Wildman–Crippen LogP) is 2.86. The molecule has 0 spiro atoms. The molecule has 6 nitrogen and oxygen atoms in total. The normalized spacial score (nSPS) is 17.1. The van der Waals surface area contributed by atoms with Gasteiger partial charge < -0.3 is 20.1 Å². The summed E-state index contributed by atoms with van der Waals surface area (Å²) in [6, 6.07) is 16.3. The number of likely N-dealkylation sites (tertiary alicyclic amines) is 1. The zero-order valence-corrected chi connectivity index (χ0v) is 17.6. The van der Waals surface area contributed by atoms with Gasteiger partial charge in [0.15, 0.2) is 0 Å². The molecular formula is C24H30N2O4. The molecule has 1 heterocycles. The molecule has 1 aliphatic heterocycles. The van der Waals surface area contributed by atoms with E-state index in [9.17, 15) is 14.7 Å². The number of ether oxygens (including phenoxy) is 1. The first-order valence-electron chi connectivity index (χ1n) is 10.5. The Labute approximate surface area is 177 Å². The second-order valence-electron chi connectivity index (χ2n) is 7.91. The highest BCUT2D eigenvalue weighted by Gasteiger charge is 2.34. The summed E-state index contributed by atoms with van der Waals surface area (Å²) in [6.45, 7) is 4.55. The van der Waals surface area contributed by atoms with E-state index in [0.29, 0.717) is 24.3 Å². The first kappa shape index (κ1) is 21.8. The molecule has 2 aromatic carbocycles. The number of hydrogen-bond donors (Lipinski definition) is 2. The molecule has 6 heteroatoms. The van der Waals surface area contributed by atoms with Gasteiger partial charge in [-0.2, -0.15) is 0 Å². The van der Waals surface area contributed by atoms with Crippen molar-refractivity contribution in [3.05, 3.63) is 65.7 Å². The van der Waals surface area contributed by atoms with Crippen LogP contribution in [0.4, 0.5) is 0 Å². The Morgan fingerprint density at radius 3 is 2.67 bits per heavy atom. The maximum atomic E-state index is 12.7. The number of rotatable bonds is 8. The zero-order valence-electron chi connectivity index (χ0n) is 17.6. The number of aliphatic hydroxyl groups excluding tert-OH is 1. The van der Waals surface area contributed by atoms with E-state index in [2.05, 4.69) is 5.32 Å². The van der Waals surface area contributed by atoms with Crippen LogP contribution in [0.3, 0.4) is 0 Å². The number of amides is 2. The fourth-order valence-corrected chi connectivity index (χ4v) is 3.71. The highest BCUT2D eigenvalue weighted by atomic mass is 16.5. The minimum atomic E-state index is -0.848. The number of carbonyl (C=O) groups excluding carboxylic acids is 2. The third-order valence-corrected chi connectivity index (χ3v) is 5.16. The zero-order chi connectivity index (χ0) is 21.5. The molecule has 2 unspecified atom stereocenters. The summed E-state index contributed by atoms with van der Waals surface area (Å²) in [6.07, 6.45) is 0.921. The number of carbonyl (C=O) groups is 2. The van der Waals surface area contributed by atoms with Gasteiger partial charge in [-0.25, -0.2) is 0 Å². The molecule has 30 heavy (non-hydrogen) atoms. The Morgan fingerprint density at radius 1 is 1.17 bits per heavy atom. The second kappa shape index (κ2) is 10.3. The van der Waals surface area contributed by atoms with Crippen molar-refractivity contribution in [2.75, 3.05) is 13.1 Å². The molecular weight excluding hydrogens is 380 g/mol. The molecule has 2 atom stereocenters. The summed E-state index contributed by atoms with van der Waals surface area (Å²) in [5.41, 5.74) is 1.62. The van der Waals surface area contributed by atoms with Crippen molar-refractivity contribution in [2.45, 2.75) is 51.4 Å². The van der Waals surface area contributed by atoms with Crippen LogP contribution in [0, 0.1) is 0 Å². The van der Waals surface area contributed by atoms with E-state index in [4.69, 9.17) is 4.74 Å². The lowest BCUT2D eigenvalue weighted by Crippen LogP contribution is -2.47. The van der Waals surface area contributed by atoms with Gasteiger partial charge in [0, 0.05) is 13.1 Å². The van der Waals surface area contributed by atoms with Gasteiger partial charge in [0.25, 0.3) is 0 Å². The molecule has 0 aliphatic carbocycles. The van der Waals surface area contributed by atoms with Crippen molar-refractivity contribution >= 4 is 11.8 Å². The van der Waals surface area contributed by atoms with Gasteiger partial charge in [0.2, 0.25) is 11.8 Å². The van der Waals surface area contributed by atoms with E-state index < -0.39 is 12.1 Å². The monoisotopic (exact) mass is 410 g/mol. The van der Waals surface area contributed by atoms with Crippen molar-refractivity contribution in [2.24, 2.45) is 0 Å². The van der Waals surface area contributed by atoms with Crippen LogP contribution >= 0.6 is 0 Å². The lowest BCUT2D eigenvalue weighted by atomic mass is 10.1. The number of benzene rings is 2. The van der Waals surface area contributed by atoms with Crippen LogP contribution in [0.2, 0.25) is 0 Å². The standard InChI is InChI=1S/C24H30N2O4/c1-17(2)30-20-11-6-10-19(15-20)22(27)16-25-24(29)21-12-7-13-26(21)23(28)14-18-8-4-3-5-9-18/h3-6,8-11,15,17,21-22,27H,7,12-14,16H2,1-2H3,(H,25,29). The smallest absolute Gasteiger partial charge is 0.242 e. The highest BCUT2D eigenvalue weighted by molar-refractivity contribution is 5.89. The molecule has 1 saturated heterocycles. The fraction of sp³-hybridized carbons (Fsp3) is 0.417. The average molecular weight is 411 g/mol. The van der Waals surface area contributed by atoms with Crippen molar-refractivity contribution in [3.63, 3.8) is 0 Å². The Morgan fingerprint density at radius 2 is 1.93 bits per heavy atom. The van der Waals surface area contributed by atoms with Gasteiger partial charge in [-0.3, -0.25) is 9.59 Å². The van der Waals surface area contributed by atoms with Crippen LogP contribution in [-0.2, 0) is 16.0 Å². The molecule has 1 aliphatic rings. The summed E-state index contributed by atoms with van der Waals surface area (Å²) >= 11 is 0. The van der Waals surface area contributed by atoms with E-state index in [1.165, 1.54) is 0 Å². The molecule has 3 rings (SSSR count). The first-order valence-corrected chi connectivity index (χ1v) is 10.5. The SMILES string of the molecule is CC(C)Oc1cccc(C(O)CNC(=O)C2CCCN2C(=O)Cc2ccccc2)c1. The molecule has 160 valence electrons. The second-order valence-corrected chi connectivity index (χ2v) is 7.91. The van der Waals surface area contributed by atoms with E-state index in [1.54, 1.807) is 17.0 Å². The lowest BCUT2D eigenvalue weighted by molar-refractivity contribution is -0.138. The van der Waals surface area contributed by atoms with Gasteiger partial charge >= 0.3 is 0 Å². The largest absolute Gasteiger partial charge is 0.491 e. The minimum absolute atomic E-state index is 0.0406. The molecule has 0 saturated carbocycles. The van der Waals surface area contributed by atoms with E-state index in [0.717, 1.165) is 12.0 Å². The summed E-state index contributed by atoms with van der Waals surface area (Å²) in [4.78, 5) is 27.1. The van der Waals surface area contributed by atoms with Crippen molar-refractivity contribution in [1.82, 2.24) is 10.2 Å². The van der Waals surface area contributed by atoms with Crippen LogP contribution in [-0.4, -0.2) is 47.1 Å². The number of aliphatic hydroxyl groups is 1. The van der Waals surface area contributed by atoms with Gasteiger partial charge in [-0.05, 0) is 49.9 Å². The van der Waals surface area contributed by atoms with Gasteiger partial charge in [-0.1, -0.05) is 42.5 Å². The van der Waals surface area contributed by atoms with Gasteiger partial charge in [-0.15, -0.1) is 0 Å². The topological polar surface area (TPSA) is 78.9 Å². The van der Waals surface area contributed by atoms with Crippen molar-refractivity contribution < 1.29 is 19.4 Å². The highest BCUT2D eigenvalue weighted by Crippen LogP contribution is 2.21. The van der Waals surface area contributed by atoms with Crippen LogP contribution in [0.1, 0.15) is 43.9 Å². The fourth-order valence-electron chi connectivity index (χ4n) is 3.71. The van der Waals surface area contributed by atoms with Crippen LogP contribution in [0.25, 0.3) is 0 Å². The van der Waals surface area contributed by atoms with Crippen LogP contribution in [0.5, 0.6) is 5.75 Å². The van der Waals surface area contributed by atoms with Gasteiger partial charge in [0.05, 0.1) is 18.6 Å². The summed E-state index contributed by atoms with van der Waals surface area (Å²) in [7, 11) is 0. The summed E-state index contributed by atoms with van der Waals surface area (Å²) in [5.74, 6) is 0.418. The summed E-state index contributed by atoms with van der Waals surface area (Å²) < 4.78 is 5.66. The molecule has 2 amide bonds. The Bertz CT molecular complexity index is 853. The predicted molar refractivity (Wildman–Crippen MR) is 115 cm³/mol. The Hall–Kier alpha value is -2.86. The Balaban J connectivity index is 1.55. The first-order chi connectivity index (χ1) is 14.4. The van der Waals surface area contributed by atoms with Crippen molar-refractivity contribution in [3.8, 4) is 5.75 Å². The average Bonchev–Trinajstić information content (AvgIpc) is 3.22. The molecule has 2 N–H and O–H groups in total. The molecule has 2 aromatic rings. The summed E-state index contributed by atoms with van der Waals surface area (Å²) in [5, 5.41) is 13.3. The molecule has 1 fully saturated rings. The number of nitrogens with one attached hydrogen (secondary N) is 1. The van der Waals surface area contributed by atoms with Crippen LogP contribution in [0.15, 0.2) is 54.6 Å². The van der Waals surface area contributed by atoms with E-state index in [-0.39, 0.29) is 30.9 Å². The third-order valence-electron chi connectivity index (χ3n) is 5.16. The number of nitrogens with zero attached hydrogens (tertiary/aromatic N) is 1. The minimum Gasteiger partial charge on any atom is -0.491 e. The number of hydrogen-bond acceptors (Lipinski definition) is 4. The maximum Gasteiger partial charge on any atom is 0.242 e. The molecule has 0 radical (unpaired) electrons. The molecule has 0 bridgehead atoms. The van der Waals surface area contributed by atoms with E-state index in [1.807, 2.05) is 56.3 Å². The van der Waals surface area contributed by atoms with E-state index >= 15 is 0 Å². The third kappa shape index (κ3) is 5.83. The quantitative estimate of drug-likeness (QED) is 0.701. The molecule has 0 aromatic heterocycles. The Kier molecular flexibility index (Phi) is 7.46. The van der Waals surface area contributed by atoms with Crippen molar-refractivity contribution in [1.29, 1.82) is 0 Å². The maximum absolute atomic E-state index is 12.7. The van der Waals surface area contributed by atoms with Gasteiger partial charge in [0.1, 0.15) is 11.8 Å². The lowest BCUT2D eigenvalue weighted by Gasteiger charge is -2.24.